The number of amides is 1. The summed E-state index contributed by atoms with van der Waals surface area (Å²) in [5.74, 6) is -0.322. The number of benzene rings is 3. The van der Waals surface area contributed by atoms with Crippen LogP contribution in [0.2, 0.25) is 0 Å². The van der Waals surface area contributed by atoms with E-state index in [2.05, 4.69) is 25.3 Å². The number of hydrogen-bond acceptors (Lipinski definition) is 10. The fraction of sp³-hybridized carbons (Fsp3) is 0.108. The SMILES string of the molecule is Cc1ncnc2c1c(N)cc(=O)n2OCc1ccccc1.Cc1ncnc2c1c(NC(=O)c1ccccc1)cc(=O)n2OCc1ccccc1. The van der Waals surface area contributed by atoms with Crippen molar-refractivity contribution < 1.29 is 14.5 Å². The van der Waals surface area contributed by atoms with Crippen LogP contribution in [0, 0.1) is 13.8 Å². The normalized spacial score (nSPS) is 10.7. The zero-order valence-corrected chi connectivity index (χ0v) is 27.2. The maximum absolute atomic E-state index is 12.7. The van der Waals surface area contributed by atoms with Gasteiger partial charge in [-0.3, -0.25) is 14.4 Å². The Morgan fingerprint density at radius 3 is 1.66 bits per heavy atom. The Balaban J connectivity index is 0.000000182. The number of anilines is 2. The van der Waals surface area contributed by atoms with E-state index >= 15 is 0 Å². The van der Waals surface area contributed by atoms with Gasteiger partial charge >= 0.3 is 0 Å². The molecule has 0 spiro atoms. The molecule has 1 amide bonds. The van der Waals surface area contributed by atoms with Crippen LogP contribution in [-0.2, 0) is 13.2 Å². The average molecular weight is 669 g/mol. The number of rotatable bonds is 8. The molecule has 4 heterocycles. The first-order valence-electron chi connectivity index (χ1n) is 15.5. The molecule has 3 aromatic carbocycles. The van der Waals surface area contributed by atoms with Gasteiger partial charge in [-0.15, -0.1) is 9.46 Å². The lowest BCUT2D eigenvalue weighted by Crippen LogP contribution is -2.28. The molecule has 0 bridgehead atoms. The molecule has 7 aromatic rings. The maximum atomic E-state index is 12.7. The van der Waals surface area contributed by atoms with Gasteiger partial charge in [-0.1, -0.05) is 78.9 Å². The number of fused-ring (bicyclic) bond motifs is 2. The van der Waals surface area contributed by atoms with Gasteiger partial charge in [-0.2, -0.15) is 0 Å². The molecule has 4 aromatic heterocycles. The maximum Gasteiger partial charge on any atom is 0.287 e. The van der Waals surface area contributed by atoms with Crippen molar-refractivity contribution in [3.8, 4) is 0 Å². The third-order valence-electron chi connectivity index (χ3n) is 7.61. The minimum Gasteiger partial charge on any atom is -0.404 e. The average Bonchev–Trinajstić information content (AvgIpc) is 3.12. The first-order valence-corrected chi connectivity index (χ1v) is 15.5. The highest BCUT2D eigenvalue weighted by Gasteiger charge is 2.17. The highest BCUT2D eigenvalue weighted by molar-refractivity contribution is 6.08. The van der Waals surface area contributed by atoms with Crippen LogP contribution in [-0.4, -0.2) is 35.3 Å². The zero-order chi connectivity index (χ0) is 35.0. The summed E-state index contributed by atoms with van der Waals surface area (Å²) in [6.07, 6.45) is 2.75. The molecular weight excluding hydrogens is 636 g/mol. The van der Waals surface area contributed by atoms with Gasteiger partial charge in [0, 0.05) is 17.7 Å². The number of nitrogens with zero attached hydrogens (tertiary/aromatic N) is 6. The Bertz CT molecular complexity index is 2400. The van der Waals surface area contributed by atoms with E-state index in [1.165, 1.54) is 24.8 Å². The van der Waals surface area contributed by atoms with E-state index in [9.17, 15) is 14.4 Å². The second-order valence-electron chi connectivity index (χ2n) is 11.1. The molecule has 0 saturated heterocycles. The van der Waals surface area contributed by atoms with Crippen LogP contribution in [0.5, 0.6) is 0 Å². The van der Waals surface area contributed by atoms with E-state index in [4.69, 9.17) is 15.4 Å². The van der Waals surface area contributed by atoms with Crippen LogP contribution in [0.4, 0.5) is 11.4 Å². The Hall–Kier alpha value is -6.89. The third kappa shape index (κ3) is 7.31. The summed E-state index contributed by atoms with van der Waals surface area (Å²) in [5, 5.41) is 3.97. The van der Waals surface area contributed by atoms with E-state index in [1.54, 1.807) is 31.2 Å². The van der Waals surface area contributed by atoms with Gasteiger partial charge in [0.05, 0.1) is 33.5 Å². The predicted molar refractivity (Wildman–Crippen MR) is 189 cm³/mol. The summed E-state index contributed by atoms with van der Waals surface area (Å²) >= 11 is 0. The number of carbonyl (C=O) groups is 1. The number of aromatic nitrogens is 6. The molecule has 0 saturated carbocycles. The predicted octanol–water partition coefficient (Wildman–Crippen LogP) is 4.29. The van der Waals surface area contributed by atoms with Crippen LogP contribution >= 0.6 is 0 Å². The molecule has 0 unspecified atom stereocenters. The standard InChI is InChI=1S/C22H18N4O3.C15H14N4O2/c1-15-20-18(25-22(28)17-10-6-3-7-11-17)12-19(27)26(21(20)24-14-23-15)29-13-16-8-4-2-5-9-16;1-10-14-12(16)7-13(20)19(15(14)18-9-17-10)21-8-11-5-3-2-4-6-11/h2-12,14H,13H2,1H3,(H,25,28);2-7,9H,8,16H2,1H3. The van der Waals surface area contributed by atoms with Crippen molar-refractivity contribution in [3.63, 3.8) is 0 Å². The molecule has 0 aliphatic heterocycles. The Morgan fingerprint density at radius 1 is 0.660 bits per heavy atom. The monoisotopic (exact) mass is 668 g/mol. The molecule has 7 rings (SSSR count). The van der Waals surface area contributed by atoms with Crippen LogP contribution in [0.1, 0.15) is 32.9 Å². The van der Waals surface area contributed by atoms with Gasteiger partial charge < -0.3 is 20.7 Å². The van der Waals surface area contributed by atoms with Crippen molar-refractivity contribution in [3.05, 3.63) is 165 Å². The number of hydrogen-bond donors (Lipinski definition) is 2. The molecule has 3 N–H and O–H groups in total. The minimum absolute atomic E-state index is 0.203. The van der Waals surface area contributed by atoms with Gasteiger partial charge in [-0.25, -0.2) is 19.9 Å². The summed E-state index contributed by atoms with van der Waals surface area (Å²) in [4.78, 5) is 65.4. The van der Waals surface area contributed by atoms with E-state index in [-0.39, 0.29) is 24.7 Å². The van der Waals surface area contributed by atoms with Gasteiger partial charge in [0.1, 0.15) is 25.9 Å². The van der Waals surface area contributed by atoms with E-state index in [0.717, 1.165) is 20.6 Å². The quantitative estimate of drug-likeness (QED) is 0.238. The largest absolute Gasteiger partial charge is 0.404 e. The lowest BCUT2D eigenvalue weighted by Gasteiger charge is -2.15. The van der Waals surface area contributed by atoms with Crippen LogP contribution < -0.4 is 31.8 Å². The van der Waals surface area contributed by atoms with Gasteiger partial charge in [0.25, 0.3) is 17.0 Å². The lowest BCUT2D eigenvalue weighted by molar-refractivity contribution is 0.0978. The van der Waals surface area contributed by atoms with Gasteiger partial charge in [0.15, 0.2) is 11.3 Å². The van der Waals surface area contributed by atoms with Crippen LogP contribution in [0.25, 0.3) is 22.1 Å². The smallest absolute Gasteiger partial charge is 0.287 e. The Morgan fingerprint density at radius 2 is 1.12 bits per heavy atom. The topological polar surface area (TPSA) is 169 Å². The second-order valence-corrected chi connectivity index (χ2v) is 11.1. The molecule has 13 heteroatoms. The number of nitrogen functional groups attached to an aromatic ring is 1. The number of pyridine rings is 2. The molecule has 0 fully saturated rings. The van der Waals surface area contributed by atoms with Crippen molar-refractivity contribution in [2.75, 3.05) is 11.1 Å². The molecule has 0 aliphatic rings. The molecule has 0 aliphatic carbocycles. The number of carbonyl (C=O) groups excluding carboxylic acids is 1. The molecule has 50 heavy (non-hydrogen) atoms. The van der Waals surface area contributed by atoms with Gasteiger partial charge in [-0.05, 0) is 37.1 Å². The first-order chi connectivity index (χ1) is 24.3. The fourth-order valence-corrected chi connectivity index (χ4v) is 5.17. The Labute approximate surface area is 285 Å². The van der Waals surface area contributed by atoms with E-state index in [1.807, 2.05) is 73.7 Å². The van der Waals surface area contributed by atoms with Crippen LogP contribution in [0.15, 0.2) is 125 Å². The summed E-state index contributed by atoms with van der Waals surface area (Å²) in [6, 6.07) is 30.5. The van der Waals surface area contributed by atoms with Crippen molar-refractivity contribution >= 4 is 39.3 Å². The van der Waals surface area contributed by atoms with Crippen molar-refractivity contribution in [1.29, 1.82) is 0 Å². The summed E-state index contributed by atoms with van der Waals surface area (Å²) in [7, 11) is 0. The molecular formula is C37H32N8O5. The molecule has 250 valence electrons. The highest BCUT2D eigenvalue weighted by Crippen LogP contribution is 2.23. The van der Waals surface area contributed by atoms with E-state index in [0.29, 0.717) is 50.4 Å². The van der Waals surface area contributed by atoms with Crippen LogP contribution in [0.3, 0.4) is 0 Å². The van der Waals surface area contributed by atoms with Crippen molar-refractivity contribution in [2.24, 2.45) is 0 Å². The summed E-state index contributed by atoms with van der Waals surface area (Å²) < 4.78 is 2.29. The first kappa shape index (κ1) is 33.0. The molecule has 13 nitrogen and oxygen atoms in total. The van der Waals surface area contributed by atoms with E-state index < -0.39 is 5.56 Å². The lowest BCUT2D eigenvalue weighted by atomic mass is 10.2. The third-order valence-corrected chi connectivity index (χ3v) is 7.61. The summed E-state index contributed by atoms with van der Waals surface area (Å²) in [5.41, 5.74) is 10.2. The second kappa shape index (κ2) is 14.9. The minimum atomic E-state index is -0.435. The number of aryl methyl sites for hydroxylation is 2. The number of nitrogens with one attached hydrogen (secondary N) is 1. The fourth-order valence-electron chi connectivity index (χ4n) is 5.17. The molecule has 0 radical (unpaired) electrons. The zero-order valence-electron chi connectivity index (χ0n) is 27.2. The van der Waals surface area contributed by atoms with Gasteiger partial charge in [0.2, 0.25) is 0 Å². The molecule has 0 atom stereocenters. The Kier molecular flexibility index (Phi) is 9.84. The van der Waals surface area contributed by atoms with Crippen molar-refractivity contribution in [2.45, 2.75) is 27.1 Å². The van der Waals surface area contributed by atoms with Crippen molar-refractivity contribution in [1.82, 2.24) is 29.4 Å². The highest BCUT2D eigenvalue weighted by atomic mass is 16.7. The number of nitrogens with two attached hydrogens (primary N) is 1. The summed E-state index contributed by atoms with van der Waals surface area (Å²) in [6.45, 7) is 4.07.